The first kappa shape index (κ1) is 22.0. The number of hydrogen-bond donors (Lipinski definition) is 7. The number of anilines is 2. The van der Waals surface area contributed by atoms with Crippen LogP contribution in [0.4, 0.5) is 11.8 Å². The zero-order valence-corrected chi connectivity index (χ0v) is 16.4. The van der Waals surface area contributed by atoms with E-state index in [-0.39, 0.29) is 22.9 Å². The SMILES string of the molecule is CNc1nc(N)c2ncn(C3O[C@H](COP(=O)(O)OP(=O)(O)O)[C@@H](O)[C@H]3O)c2n1. The van der Waals surface area contributed by atoms with Crippen LogP contribution in [0.2, 0.25) is 0 Å². The number of hydrogen-bond acceptors (Lipinski definition) is 12. The van der Waals surface area contributed by atoms with E-state index in [9.17, 15) is 24.2 Å². The summed E-state index contributed by atoms with van der Waals surface area (Å²) in [6.45, 7) is -0.825. The van der Waals surface area contributed by atoms with Gasteiger partial charge in [-0.3, -0.25) is 9.09 Å². The highest BCUT2D eigenvalue weighted by Gasteiger charge is 2.46. The normalized spacial score (nSPS) is 27.2. The first-order chi connectivity index (χ1) is 13.4. The van der Waals surface area contributed by atoms with Crippen molar-refractivity contribution in [1.29, 1.82) is 0 Å². The number of rotatable bonds is 7. The number of aromatic nitrogens is 4. The number of nitrogens with one attached hydrogen (secondary N) is 1. The van der Waals surface area contributed by atoms with Gasteiger partial charge in [-0.05, 0) is 0 Å². The number of nitrogen functional groups attached to an aromatic ring is 1. The van der Waals surface area contributed by atoms with Gasteiger partial charge in [0, 0.05) is 7.05 Å². The molecule has 0 aliphatic carbocycles. The van der Waals surface area contributed by atoms with Crippen LogP contribution in [0.3, 0.4) is 0 Å². The standard InChI is InChI=1S/C11H18N6O10P2/c1-13-11-15-8(12)5-9(16-11)17(3-14-5)10-7(19)6(18)4(26-10)2-25-29(23,24)27-28(20,21)22/h3-4,6-7,10,18-19H,2H2,1H3,(H,23,24)(H2,20,21,22)(H3,12,13,15,16)/t4-,6-,7-,10?/m1/s1. The summed E-state index contributed by atoms with van der Waals surface area (Å²) in [6, 6.07) is 0. The minimum absolute atomic E-state index is 0.0572. The molecule has 0 spiro atoms. The van der Waals surface area contributed by atoms with Gasteiger partial charge in [-0.15, -0.1) is 0 Å². The molecule has 3 rings (SSSR count). The predicted octanol–water partition coefficient (Wildman–Crippen LogP) is -1.70. The maximum absolute atomic E-state index is 11.5. The van der Waals surface area contributed by atoms with Crippen molar-refractivity contribution >= 4 is 38.6 Å². The van der Waals surface area contributed by atoms with Crippen LogP contribution in [-0.4, -0.2) is 76.4 Å². The fourth-order valence-corrected chi connectivity index (χ4v) is 4.26. The Balaban J connectivity index is 1.80. The van der Waals surface area contributed by atoms with Crippen molar-refractivity contribution in [3.05, 3.63) is 6.33 Å². The maximum atomic E-state index is 11.5. The molecule has 1 aliphatic heterocycles. The van der Waals surface area contributed by atoms with Gasteiger partial charge in [0.2, 0.25) is 5.95 Å². The minimum Gasteiger partial charge on any atom is -0.387 e. The lowest BCUT2D eigenvalue weighted by Gasteiger charge is -2.17. The average Bonchev–Trinajstić information content (AvgIpc) is 3.13. The van der Waals surface area contributed by atoms with Crippen molar-refractivity contribution in [1.82, 2.24) is 19.5 Å². The molecule has 2 aromatic heterocycles. The molecule has 162 valence electrons. The highest BCUT2D eigenvalue weighted by atomic mass is 31.3. The third-order valence-corrected chi connectivity index (χ3v) is 6.05. The Kier molecular flexibility index (Phi) is 5.95. The third-order valence-electron chi connectivity index (χ3n) is 3.89. The van der Waals surface area contributed by atoms with Gasteiger partial charge in [-0.2, -0.15) is 14.3 Å². The molecule has 0 aromatic carbocycles. The van der Waals surface area contributed by atoms with Gasteiger partial charge >= 0.3 is 15.6 Å². The largest absolute Gasteiger partial charge is 0.481 e. The van der Waals surface area contributed by atoms with Crippen LogP contribution < -0.4 is 11.1 Å². The molecule has 0 saturated carbocycles. The second-order valence-electron chi connectivity index (χ2n) is 5.89. The van der Waals surface area contributed by atoms with Crippen molar-refractivity contribution in [3.63, 3.8) is 0 Å². The van der Waals surface area contributed by atoms with Gasteiger partial charge in [-0.1, -0.05) is 0 Å². The molecule has 0 bridgehead atoms. The second-order valence-corrected chi connectivity index (χ2v) is 8.72. The number of ether oxygens (including phenoxy) is 1. The van der Waals surface area contributed by atoms with Gasteiger partial charge in [0.25, 0.3) is 0 Å². The molecule has 2 unspecified atom stereocenters. The van der Waals surface area contributed by atoms with E-state index in [1.165, 1.54) is 10.9 Å². The van der Waals surface area contributed by atoms with E-state index in [0.29, 0.717) is 0 Å². The Hall–Kier alpha value is -1.71. The molecule has 8 N–H and O–H groups in total. The Morgan fingerprint density at radius 3 is 2.59 bits per heavy atom. The second kappa shape index (κ2) is 7.85. The molecule has 2 aromatic rings. The fraction of sp³-hybridized carbons (Fsp3) is 0.545. The van der Waals surface area contributed by atoms with E-state index in [2.05, 4.69) is 29.1 Å². The van der Waals surface area contributed by atoms with Crippen molar-refractivity contribution in [2.45, 2.75) is 24.5 Å². The van der Waals surface area contributed by atoms with Crippen LogP contribution in [-0.2, 0) is 22.7 Å². The third kappa shape index (κ3) is 4.73. The molecule has 0 amide bonds. The van der Waals surface area contributed by atoms with Crippen LogP contribution in [0.1, 0.15) is 6.23 Å². The number of fused-ring (bicyclic) bond motifs is 1. The lowest BCUT2D eigenvalue weighted by atomic mass is 10.1. The Morgan fingerprint density at radius 2 is 1.97 bits per heavy atom. The summed E-state index contributed by atoms with van der Waals surface area (Å²) >= 11 is 0. The fourth-order valence-electron chi connectivity index (χ4n) is 2.66. The molecular formula is C11H18N6O10P2. The van der Waals surface area contributed by atoms with Crippen LogP contribution in [0.25, 0.3) is 11.2 Å². The summed E-state index contributed by atoms with van der Waals surface area (Å²) in [7, 11) is -8.89. The molecule has 1 fully saturated rings. The molecule has 29 heavy (non-hydrogen) atoms. The first-order valence-corrected chi connectivity index (χ1v) is 10.9. The van der Waals surface area contributed by atoms with Crippen LogP contribution in [0, 0.1) is 0 Å². The summed E-state index contributed by atoms with van der Waals surface area (Å²) < 4.78 is 37.0. The smallest absolute Gasteiger partial charge is 0.387 e. The molecule has 16 nitrogen and oxygen atoms in total. The van der Waals surface area contributed by atoms with Crippen molar-refractivity contribution < 1.29 is 47.6 Å². The first-order valence-electron chi connectivity index (χ1n) is 7.85. The minimum atomic E-state index is -5.30. The van der Waals surface area contributed by atoms with E-state index in [0.717, 1.165) is 0 Å². The quantitative estimate of drug-likeness (QED) is 0.229. The lowest BCUT2D eigenvalue weighted by Crippen LogP contribution is -2.33. The zero-order valence-electron chi connectivity index (χ0n) is 14.6. The number of nitrogens with zero attached hydrogens (tertiary/aromatic N) is 4. The summed E-state index contributed by atoms with van der Waals surface area (Å²) in [6.07, 6.45) is -4.46. The topological polar surface area (TPSA) is 245 Å². The number of aliphatic hydroxyl groups excluding tert-OH is 2. The lowest BCUT2D eigenvalue weighted by molar-refractivity contribution is -0.0503. The van der Waals surface area contributed by atoms with Crippen LogP contribution in [0.5, 0.6) is 0 Å². The van der Waals surface area contributed by atoms with Gasteiger partial charge in [0.1, 0.15) is 23.8 Å². The van der Waals surface area contributed by atoms with Crippen molar-refractivity contribution in [2.24, 2.45) is 0 Å². The molecule has 5 atom stereocenters. The maximum Gasteiger partial charge on any atom is 0.481 e. The number of aliphatic hydroxyl groups is 2. The van der Waals surface area contributed by atoms with Gasteiger partial charge in [-0.25, -0.2) is 14.1 Å². The Bertz CT molecular complexity index is 996. The molecule has 1 aliphatic rings. The average molecular weight is 456 g/mol. The molecule has 18 heteroatoms. The van der Waals surface area contributed by atoms with Gasteiger partial charge in [0.05, 0.1) is 12.9 Å². The summed E-state index contributed by atoms with van der Waals surface area (Å²) in [5, 5.41) is 23.2. The zero-order chi connectivity index (χ0) is 21.6. The van der Waals surface area contributed by atoms with Gasteiger partial charge in [0.15, 0.2) is 17.7 Å². The van der Waals surface area contributed by atoms with Crippen molar-refractivity contribution in [2.75, 3.05) is 24.7 Å². The highest BCUT2D eigenvalue weighted by Crippen LogP contribution is 2.57. The van der Waals surface area contributed by atoms with Gasteiger partial charge < -0.3 is 40.7 Å². The van der Waals surface area contributed by atoms with E-state index >= 15 is 0 Å². The highest BCUT2D eigenvalue weighted by molar-refractivity contribution is 7.60. The van der Waals surface area contributed by atoms with E-state index in [4.69, 9.17) is 20.3 Å². The van der Waals surface area contributed by atoms with Crippen molar-refractivity contribution in [3.8, 4) is 0 Å². The molecule has 3 heterocycles. The molecular weight excluding hydrogens is 438 g/mol. The molecule has 1 saturated heterocycles. The monoisotopic (exact) mass is 456 g/mol. The number of phosphoric ester groups is 1. The number of phosphoric acid groups is 2. The van der Waals surface area contributed by atoms with Crippen LogP contribution >= 0.6 is 15.6 Å². The van der Waals surface area contributed by atoms with E-state index < -0.39 is 46.8 Å². The summed E-state index contributed by atoms with van der Waals surface area (Å²) in [5.74, 6) is 0.224. The van der Waals surface area contributed by atoms with E-state index in [1.54, 1.807) is 7.05 Å². The summed E-state index contributed by atoms with van der Waals surface area (Å²) in [5.41, 5.74) is 6.19. The molecule has 0 radical (unpaired) electrons. The Morgan fingerprint density at radius 1 is 1.28 bits per heavy atom. The van der Waals surface area contributed by atoms with E-state index in [1.807, 2.05) is 0 Å². The number of nitrogens with two attached hydrogens (primary N) is 1. The summed E-state index contributed by atoms with van der Waals surface area (Å²) in [4.78, 5) is 38.7. The Labute approximate surface area is 162 Å². The predicted molar refractivity (Wildman–Crippen MR) is 94.1 cm³/mol. The van der Waals surface area contributed by atoms with Crippen LogP contribution in [0.15, 0.2) is 6.33 Å². The number of imidazole rings is 1.